The van der Waals surface area contributed by atoms with Gasteiger partial charge in [-0.2, -0.15) is 0 Å². The van der Waals surface area contributed by atoms with Gasteiger partial charge in [0.1, 0.15) is 5.00 Å². The van der Waals surface area contributed by atoms with Crippen LogP contribution in [0.25, 0.3) is 6.08 Å². The van der Waals surface area contributed by atoms with Crippen LogP contribution < -0.4 is 10.6 Å². The lowest BCUT2D eigenvalue weighted by Gasteiger charge is -2.07. The fraction of sp³-hybridized carbons (Fsp3) is 0.167. The number of benzene rings is 1. The third kappa shape index (κ3) is 6.63. The SMILES string of the molecule is CCOC(=O)c1c(NC(=O)COC(=O)/C=C/c2cccs2)sc(C(=O)Nc2ccccc2)c1C. The van der Waals surface area contributed by atoms with Gasteiger partial charge >= 0.3 is 11.9 Å². The van der Waals surface area contributed by atoms with Gasteiger partial charge in [0.15, 0.2) is 6.61 Å². The Hall–Kier alpha value is -3.76. The van der Waals surface area contributed by atoms with Crippen molar-refractivity contribution < 1.29 is 28.7 Å². The van der Waals surface area contributed by atoms with Crippen molar-refractivity contribution in [3.05, 3.63) is 74.8 Å². The Kier molecular flexibility index (Phi) is 8.72. The van der Waals surface area contributed by atoms with Crippen molar-refractivity contribution in [3.8, 4) is 0 Å². The molecule has 0 spiro atoms. The largest absolute Gasteiger partial charge is 0.462 e. The molecule has 8 nitrogen and oxygen atoms in total. The molecular weight excluding hydrogens is 476 g/mol. The number of rotatable bonds is 9. The molecule has 0 aliphatic rings. The molecular formula is C24H22N2O6S2. The fourth-order valence-corrected chi connectivity index (χ4v) is 4.58. The molecule has 2 N–H and O–H groups in total. The molecule has 10 heteroatoms. The number of amides is 2. The van der Waals surface area contributed by atoms with E-state index < -0.39 is 30.4 Å². The van der Waals surface area contributed by atoms with E-state index in [1.54, 1.807) is 44.2 Å². The van der Waals surface area contributed by atoms with E-state index in [0.717, 1.165) is 16.2 Å². The van der Waals surface area contributed by atoms with Gasteiger partial charge < -0.3 is 20.1 Å². The highest BCUT2D eigenvalue weighted by atomic mass is 32.1. The quantitative estimate of drug-likeness (QED) is 0.326. The second-order valence-electron chi connectivity index (χ2n) is 6.81. The molecule has 0 unspecified atom stereocenters. The molecule has 0 saturated carbocycles. The van der Waals surface area contributed by atoms with Crippen molar-refractivity contribution in [1.29, 1.82) is 0 Å². The Morgan fingerprint density at radius 2 is 1.76 bits per heavy atom. The predicted molar refractivity (Wildman–Crippen MR) is 132 cm³/mol. The first kappa shape index (κ1) is 24.9. The lowest BCUT2D eigenvalue weighted by Crippen LogP contribution is -2.21. The average molecular weight is 499 g/mol. The molecule has 1 aromatic carbocycles. The van der Waals surface area contributed by atoms with Crippen LogP contribution in [0, 0.1) is 6.92 Å². The molecule has 2 heterocycles. The molecule has 0 bridgehead atoms. The maximum absolute atomic E-state index is 12.8. The molecule has 0 radical (unpaired) electrons. The summed E-state index contributed by atoms with van der Waals surface area (Å²) in [6.07, 6.45) is 2.81. The van der Waals surface area contributed by atoms with Crippen LogP contribution in [0.3, 0.4) is 0 Å². The van der Waals surface area contributed by atoms with Crippen LogP contribution in [-0.4, -0.2) is 37.0 Å². The first-order valence-electron chi connectivity index (χ1n) is 10.2. The first-order chi connectivity index (χ1) is 16.4. The lowest BCUT2D eigenvalue weighted by atomic mass is 10.1. The summed E-state index contributed by atoms with van der Waals surface area (Å²) in [5.41, 5.74) is 1.05. The van der Waals surface area contributed by atoms with E-state index in [1.807, 2.05) is 23.6 Å². The molecule has 0 atom stereocenters. The highest BCUT2D eigenvalue weighted by Crippen LogP contribution is 2.34. The maximum Gasteiger partial charge on any atom is 0.341 e. The molecule has 0 aliphatic heterocycles. The molecule has 0 aliphatic carbocycles. The number of para-hydroxylation sites is 1. The molecule has 2 aromatic heterocycles. The van der Waals surface area contributed by atoms with Gasteiger partial charge in [-0.1, -0.05) is 24.3 Å². The van der Waals surface area contributed by atoms with Crippen LogP contribution in [0.2, 0.25) is 0 Å². The number of hydrogen-bond donors (Lipinski definition) is 2. The molecule has 34 heavy (non-hydrogen) atoms. The van der Waals surface area contributed by atoms with Gasteiger partial charge in [-0.05, 0) is 49.1 Å². The number of carbonyl (C=O) groups excluding carboxylic acids is 4. The van der Waals surface area contributed by atoms with Gasteiger partial charge in [-0.3, -0.25) is 9.59 Å². The highest BCUT2D eigenvalue weighted by molar-refractivity contribution is 7.19. The summed E-state index contributed by atoms with van der Waals surface area (Å²) in [4.78, 5) is 50.7. The molecule has 2 amide bonds. The lowest BCUT2D eigenvalue weighted by molar-refractivity contribution is -0.142. The monoisotopic (exact) mass is 498 g/mol. The maximum atomic E-state index is 12.8. The topological polar surface area (TPSA) is 111 Å². The summed E-state index contributed by atoms with van der Waals surface area (Å²) in [5.74, 6) is -2.43. The van der Waals surface area contributed by atoms with Crippen molar-refractivity contribution in [2.45, 2.75) is 13.8 Å². The van der Waals surface area contributed by atoms with Crippen LogP contribution in [-0.2, 0) is 19.1 Å². The van der Waals surface area contributed by atoms with Gasteiger partial charge in [0.25, 0.3) is 11.8 Å². The molecule has 3 rings (SSSR count). The third-order valence-electron chi connectivity index (χ3n) is 4.39. The van der Waals surface area contributed by atoms with Crippen molar-refractivity contribution >= 4 is 63.2 Å². The summed E-state index contributed by atoms with van der Waals surface area (Å²) in [5, 5.41) is 7.33. The van der Waals surface area contributed by atoms with E-state index in [1.165, 1.54) is 17.4 Å². The highest BCUT2D eigenvalue weighted by Gasteiger charge is 2.27. The average Bonchev–Trinajstić information content (AvgIpc) is 3.45. The van der Waals surface area contributed by atoms with E-state index in [-0.39, 0.29) is 22.0 Å². The van der Waals surface area contributed by atoms with Crippen LogP contribution in [0.4, 0.5) is 10.7 Å². The minimum absolute atomic E-state index is 0.0855. The first-order valence-corrected chi connectivity index (χ1v) is 11.9. The molecule has 176 valence electrons. The Labute approximate surface area is 204 Å². The zero-order valence-electron chi connectivity index (χ0n) is 18.5. The van der Waals surface area contributed by atoms with Crippen LogP contribution in [0.15, 0.2) is 53.9 Å². The molecule has 3 aromatic rings. The minimum Gasteiger partial charge on any atom is -0.462 e. The number of thiophene rings is 2. The standard InChI is InChI=1S/C24H22N2O6S2/c1-3-31-24(30)20-15(2)21(22(29)25-16-8-5-4-6-9-16)34-23(20)26-18(27)14-32-19(28)12-11-17-10-7-13-33-17/h4-13H,3,14H2,1-2H3,(H,25,29)(H,26,27)/b12-11+. The van der Waals surface area contributed by atoms with Gasteiger partial charge in [0.2, 0.25) is 0 Å². The number of hydrogen-bond acceptors (Lipinski definition) is 8. The van der Waals surface area contributed by atoms with E-state index in [0.29, 0.717) is 11.3 Å². The third-order valence-corrected chi connectivity index (χ3v) is 6.43. The Morgan fingerprint density at radius 1 is 1.00 bits per heavy atom. The second-order valence-corrected chi connectivity index (χ2v) is 8.81. The number of carbonyl (C=O) groups is 4. The summed E-state index contributed by atoms with van der Waals surface area (Å²) in [6, 6.07) is 12.5. The summed E-state index contributed by atoms with van der Waals surface area (Å²) < 4.78 is 10.1. The van der Waals surface area contributed by atoms with E-state index >= 15 is 0 Å². The minimum atomic E-state index is -0.681. The number of esters is 2. The molecule has 0 saturated heterocycles. The van der Waals surface area contributed by atoms with Gasteiger partial charge in [-0.15, -0.1) is 22.7 Å². The molecule has 0 fully saturated rings. The predicted octanol–water partition coefficient (Wildman–Crippen LogP) is 4.74. The van der Waals surface area contributed by atoms with E-state index in [4.69, 9.17) is 9.47 Å². The summed E-state index contributed by atoms with van der Waals surface area (Å²) in [6.45, 7) is 2.83. The van der Waals surface area contributed by atoms with Gasteiger partial charge in [0, 0.05) is 16.6 Å². The van der Waals surface area contributed by atoms with Gasteiger partial charge in [-0.25, -0.2) is 9.59 Å². The Balaban J connectivity index is 1.71. The number of nitrogens with one attached hydrogen (secondary N) is 2. The zero-order valence-corrected chi connectivity index (χ0v) is 20.1. The summed E-state index contributed by atoms with van der Waals surface area (Å²) in [7, 11) is 0. The van der Waals surface area contributed by atoms with Gasteiger partial charge in [0.05, 0.1) is 17.0 Å². The fourth-order valence-electron chi connectivity index (χ4n) is 2.86. The number of ether oxygens (including phenoxy) is 2. The van der Waals surface area contributed by atoms with Crippen molar-refractivity contribution in [2.75, 3.05) is 23.8 Å². The van der Waals surface area contributed by atoms with Crippen LogP contribution in [0.1, 0.15) is 37.4 Å². The Bertz CT molecular complexity index is 1200. The van der Waals surface area contributed by atoms with E-state index in [2.05, 4.69) is 10.6 Å². The van der Waals surface area contributed by atoms with Crippen molar-refractivity contribution in [2.24, 2.45) is 0 Å². The van der Waals surface area contributed by atoms with Crippen molar-refractivity contribution in [3.63, 3.8) is 0 Å². The second kappa shape index (κ2) is 11.9. The normalized spacial score (nSPS) is 10.6. The zero-order chi connectivity index (χ0) is 24.5. The van der Waals surface area contributed by atoms with E-state index in [9.17, 15) is 19.2 Å². The number of anilines is 2. The van der Waals surface area contributed by atoms with Crippen LogP contribution >= 0.6 is 22.7 Å². The Morgan fingerprint density at radius 3 is 2.44 bits per heavy atom. The van der Waals surface area contributed by atoms with Crippen molar-refractivity contribution in [1.82, 2.24) is 0 Å². The van der Waals surface area contributed by atoms with Crippen LogP contribution in [0.5, 0.6) is 0 Å². The smallest absolute Gasteiger partial charge is 0.341 e. The summed E-state index contributed by atoms with van der Waals surface area (Å²) >= 11 is 2.40.